The highest BCUT2D eigenvalue weighted by molar-refractivity contribution is 7.80. The Hall–Kier alpha value is -1.63. The van der Waals surface area contributed by atoms with Crippen LogP contribution < -0.4 is 10.7 Å². The van der Waals surface area contributed by atoms with E-state index in [2.05, 4.69) is 15.8 Å². The van der Waals surface area contributed by atoms with E-state index in [9.17, 15) is 13.2 Å². The lowest BCUT2D eigenvalue weighted by atomic mass is 9.96. The molecular weight excluding hydrogens is 311 g/mol. The highest BCUT2D eigenvalue weighted by Gasteiger charge is 2.30. The third-order valence-electron chi connectivity index (χ3n) is 3.53. The van der Waals surface area contributed by atoms with Crippen molar-refractivity contribution < 1.29 is 13.2 Å². The summed E-state index contributed by atoms with van der Waals surface area (Å²) in [7, 11) is 0. The second kappa shape index (κ2) is 7.58. The molecule has 120 valence electrons. The lowest BCUT2D eigenvalue weighted by molar-refractivity contribution is -0.137. The van der Waals surface area contributed by atoms with Crippen LogP contribution >= 0.6 is 12.2 Å². The standard InChI is InChI=1S/C15H18F3N3S/c16-15(17,18)12-6-4-5-11(9-12)10-19-21-14(22)20-13-7-2-1-3-8-13/h4-6,9-10,13H,1-3,7-8H2,(H2,20,21,22)/b19-10-. The predicted molar refractivity (Wildman–Crippen MR) is 84.8 cm³/mol. The van der Waals surface area contributed by atoms with Gasteiger partial charge in [-0.25, -0.2) is 0 Å². The van der Waals surface area contributed by atoms with Gasteiger partial charge in [0, 0.05) is 6.04 Å². The molecule has 22 heavy (non-hydrogen) atoms. The van der Waals surface area contributed by atoms with Crippen molar-refractivity contribution in [2.45, 2.75) is 44.3 Å². The molecular formula is C15H18F3N3S. The summed E-state index contributed by atoms with van der Waals surface area (Å²) >= 11 is 5.12. The molecule has 3 nitrogen and oxygen atoms in total. The Morgan fingerprint density at radius 2 is 1.95 bits per heavy atom. The largest absolute Gasteiger partial charge is 0.416 e. The van der Waals surface area contributed by atoms with E-state index in [0.29, 0.717) is 16.7 Å². The van der Waals surface area contributed by atoms with Crippen molar-refractivity contribution in [1.29, 1.82) is 0 Å². The highest BCUT2D eigenvalue weighted by atomic mass is 32.1. The molecule has 1 saturated carbocycles. The van der Waals surface area contributed by atoms with Crippen molar-refractivity contribution in [1.82, 2.24) is 10.7 Å². The molecule has 0 aliphatic heterocycles. The van der Waals surface area contributed by atoms with Crippen molar-refractivity contribution in [2.24, 2.45) is 5.10 Å². The topological polar surface area (TPSA) is 36.4 Å². The Morgan fingerprint density at radius 1 is 1.23 bits per heavy atom. The second-order valence-corrected chi connectivity index (χ2v) is 5.71. The summed E-state index contributed by atoms with van der Waals surface area (Å²) in [4.78, 5) is 0. The van der Waals surface area contributed by atoms with E-state index >= 15 is 0 Å². The first-order valence-corrected chi connectivity index (χ1v) is 7.63. The van der Waals surface area contributed by atoms with E-state index in [-0.39, 0.29) is 0 Å². The SMILES string of the molecule is FC(F)(F)c1cccc(/C=N\NC(=S)NC2CCCCC2)c1. The molecule has 1 aromatic rings. The first-order chi connectivity index (χ1) is 10.4. The van der Waals surface area contributed by atoms with Crippen LogP contribution in [0.15, 0.2) is 29.4 Å². The fraction of sp³-hybridized carbons (Fsp3) is 0.467. The number of benzene rings is 1. The molecule has 7 heteroatoms. The van der Waals surface area contributed by atoms with Gasteiger partial charge in [0.05, 0.1) is 11.8 Å². The zero-order chi connectivity index (χ0) is 16.0. The van der Waals surface area contributed by atoms with Gasteiger partial charge in [-0.1, -0.05) is 31.4 Å². The summed E-state index contributed by atoms with van der Waals surface area (Å²) in [6, 6.07) is 5.33. The van der Waals surface area contributed by atoms with Crippen LogP contribution in [0.2, 0.25) is 0 Å². The van der Waals surface area contributed by atoms with Crippen molar-refractivity contribution in [3.63, 3.8) is 0 Å². The number of thiocarbonyl (C=S) groups is 1. The summed E-state index contributed by atoms with van der Waals surface area (Å²) in [5, 5.41) is 7.45. The summed E-state index contributed by atoms with van der Waals surface area (Å²) in [5.41, 5.74) is 2.31. The van der Waals surface area contributed by atoms with Crippen molar-refractivity contribution in [3.05, 3.63) is 35.4 Å². The maximum atomic E-state index is 12.6. The van der Waals surface area contributed by atoms with Crippen LogP contribution in [0, 0.1) is 0 Å². The number of nitrogens with one attached hydrogen (secondary N) is 2. The molecule has 2 N–H and O–H groups in total. The van der Waals surface area contributed by atoms with Crippen LogP contribution in [0.25, 0.3) is 0 Å². The minimum atomic E-state index is -4.35. The third kappa shape index (κ3) is 5.29. The molecule has 0 bridgehead atoms. The monoisotopic (exact) mass is 329 g/mol. The predicted octanol–water partition coefficient (Wildman–Crippen LogP) is 3.84. The van der Waals surface area contributed by atoms with Gasteiger partial charge in [-0.3, -0.25) is 5.43 Å². The van der Waals surface area contributed by atoms with E-state index in [4.69, 9.17) is 12.2 Å². The van der Waals surface area contributed by atoms with E-state index in [1.165, 1.54) is 31.5 Å². The summed E-state index contributed by atoms with van der Waals surface area (Å²) < 4.78 is 37.8. The lowest BCUT2D eigenvalue weighted by Crippen LogP contribution is -2.40. The van der Waals surface area contributed by atoms with Crippen LogP contribution in [0.5, 0.6) is 0 Å². The second-order valence-electron chi connectivity index (χ2n) is 5.30. The zero-order valence-electron chi connectivity index (χ0n) is 12.0. The molecule has 0 unspecified atom stereocenters. The fourth-order valence-electron chi connectivity index (χ4n) is 2.43. The molecule has 1 aromatic carbocycles. The van der Waals surface area contributed by atoms with Gasteiger partial charge in [0.15, 0.2) is 5.11 Å². The van der Waals surface area contributed by atoms with Gasteiger partial charge >= 0.3 is 6.18 Å². The molecule has 2 rings (SSSR count). The van der Waals surface area contributed by atoms with Gasteiger partial charge in [-0.2, -0.15) is 18.3 Å². The maximum absolute atomic E-state index is 12.6. The summed E-state index contributed by atoms with van der Waals surface area (Å²) in [6.45, 7) is 0. The highest BCUT2D eigenvalue weighted by Crippen LogP contribution is 2.29. The molecule has 1 aliphatic carbocycles. The van der Waals surface area contributed by atoms with Crippen LogP contribution in [-0.2, 0) is 6.18 Å². The van der Waals surface area contributed by atoms with E-state index < -0.39 is 11.7 Å². The number of hydrogen-bond acceptors (Lipinski definition) is 2. The van der Waals surface area contributed by atoms with Crippen LogP contribution in [0.4, 0.5) is 13.2 Å². The van der Waals surface area contributed by atoms with Crippen molar-refractivity contribution in [2.75, 3.05) is 0 Å². The Balaban J connectivity index is 1.85. The summed E-state index contributed by atoms with van der Waals surface area (Å²) in [5.74, 6) is 0. The minimum absolute atomic E-state index is 0.359. The molecule has 0 aromatic heterocycles. The van der Waals surface area contributed by atoms with Crippen LogP contribution in [0.3, 0.4) is 0 Å². The van der Waals surface area contributed by atoms with E-state index in [1.807, 2.05) is 0 Å². The number of nitrogens with zero attached hydrogens (tertiary/aromatic N) is 1. The number of halogens is 3. The van der Waals surface area contributed by atoms with E-state index in [1.54, 1.807) is 6.07 Å². The lowest BCUT2D eigenvalue weighted by Gasteiger charge is -2.23. The van der Waals surface area contributed by atoms with Gasteiger partial charge in [0.2, 0.25) is 0 Å². The van der Waals surface area contributed by atoms with Crippen molar-refractivity contribution in [3.8, 4) is 0 Å². The Bertz CT molecular complexity index is 537. The molecule has 0 saturated heterocycles. The van der Waals surface area contributed by atoms with Gasteiger partial charge in [0.1, 0.15) is 0 Å². The molecule has 0 amide bonds. The Labute approximate surface area is 133 Å². The molecule has 1 aliphatic rings. The van der Waals surface area contributed by atoms with Gasteiger partial charge < -0.3 is 5.32 Å². The summed E-state index contributed by atoms with van der Waals surface area (Å²) in [6.07, 6.45) is 2.77. The van der Waals surface area contributed by atoms with Gasteiger partial charge in [-0.05, 0) is 42.8 Å². The van der Waals surface area contributed by atoms with Crippen LogP contribution in [-0.4, -0.2) is 17.4 Å². The van der Waals surface area contributed by atoms with Gasteiger partial charge in [-0.15, -0.1) is 0 Å². The molecule has 0 heterocycles. The minimum Gasteiger partial charge on any atom is -0.359 e. The molecule has 0 radical (unpaired) electrons. The quantitative estimate of drug-likeness (QED) is 0.503. The average molecular weight is 329 g/mol. The first-order valence-electron chi connectivity index (χ1n) is 7.22. The molecule has 0 atom stereocenters. The molecule has 1 fully saturated rings. The average Bonchev–Trinajstić information content (AvgIpc) is 2.48. The third-order valence-corrected chi connectivity index (χ3v) is 3.74. The number of rotatable bonds is 3. The van der Waals surface area contributed by atoms with Gasteiger partial charge in [0.25, 0.3) is 0 Å². The van der Waals surface area contributed by atoms with E-state index in [0.717, 1.165) is 25.0 Å². The zero-order valence-corrected chi connectivity index (χ0v) is 12.8. The fourth-order valence-corrected chi connectivity index (χ4v) is 2.64. The van der Waals surface area contributed by atoms with Crippen molar-refractivity contribution >= 4 is 23.5 Å². The Kier molecular flexibility index (Phi) is 5.76. The first kappa shape index (κ1) is 16.7. The van der Waals surface area contributed by atoms with Crippen LogP contribution in [0.1, 0.15) is 43.2 Å². The number of hydrazone groups is 1. The number of hydrogen-bond donors (Lipinski definition) is 2. The smallest absolute Gasteiger partial charge is 0.359 e. The maximum Gasteiger partial charge on any atom is 0.416 e. The molecule has 0 spiro atoms. The Morgan fingerprint density at radius 3 is 2.64 bits per heavy atom. The number of alkyl halides is 3. The normalized spacial score (nSPS) is 16.7.